The first-order valence-electron chi connectivity index (χ1n) is 11.9. The lowest BCUT2D eigenvalue weighted by Gasteiger charge is -2.35. The van der Waals surface area contributed by atoms with E-state index < -0.39 is 23.3 Å². The van der Waals surface area contributed by atoms with Gasteiger partial charge in [-0.15, -0.1) is 0 Å². The molecule has 2 amide bonds. The van der Waals surface area contributed by atoms with Gasteiger partial charge in [0, 0.05) is 32.9 Å². The molecule has 0 heterocycles. The van der Waals surface area contributed by atoms with Gasteiger partial charge in [-0.2, -0.15) is 0 Å². The van der Waals surface area contributed by atoms with E-state index in [2.05, 4.69) is 5.32 Å². The molecule has 1 aliphatic carbocycles. The van der Waals surface area contributed by atoms with Crippen LogP contribution in [0.4, 0.5) is 5.69 Å². The number of anilines is 1. The molecule has 9 heteroatoms. The Labute approximate surface area is 222 Å². The first-order valence-corrected chi connectivity index (χ1v) is 12.7. The maximum atomic E-state index is 13.6. The second kappa shape index (κ2) is 12.6. The van der Waals surface area contributed by atoms with Crippen LogP contribution >= 0.6 is 23.2 Å². The van der Waals surface area contributed by atoms with Gasteiger partial charge < -0.3 is 19.7 Å². The van der Waals surface area contributed by atoms with E-state index in [1.807, 2.05) is 0 Å². The molecule has 0 spiro atoms. The molecule has 3 rings (SSSR count). The van der Waals surface area contributed by atoms with Gasteiger partial charge >= 0.3 is 5.97 Å². The van der Waals surface area contributed by atoms with E-state index >= 15 is 0 Å². The SMILES string of the molecule is COCCC1(C(=O)N(C)C(Cc2ccc(NC(=O)c3c(Cl)cccc3Cl)cc2)C(=O)OC)CCCC1. The van der Waals surface area contributed by atoms with E-state index in [1.54, 1.807) is 56.6 Å². The molecule has 0 saturated heterocycles. The highest BCUT2D eigenvalue weighted by Gasteiger charge is 2.44. The number of likely N-dealkylation sites (N-methyl/N-ethyl adjacent to an activating group) is 1. The van der Waals surface area contributed by atoms with Gasteiger partial charge in [0.2, 0.25) is 5.91 Å². The van der Waals surface area contributed by atoms with Crippen molar-refractivity contribution in [1.29, 1.82) is 0 Å². The Kier molecular flexibility index (Phi) is 9.77. The Morgan fingerprint density at radius 2 is 1.64 bits per heavy atom. The molecule has 2 aromatic carbocycles. The number of amides is 2. The second-order valence-corrected chi connectivity index (χ2v) is 9.95. The summed E-state index contributed by atoms with van der Waals surface area (Å²) >= 11 is 12.3. The van der Waals surface area contributed by atoms with Crippen LogP contribution < -0.4 is 5.32 Å². The van der Waals surface area contributed by atoms with E-state index in [-0.39, 0.29) is 27.9 Å². The molecule has 1 atom stereocenters. The Bertz CT molecular complexity index is 1060. The van der Waals surface area contributed by atoms with Gasteiger partial charge in [-0.25, -0.2) is 4.79 Å². The van der Waals surface area contributed by atoms with Crippen LogP contribution in [0.15, 0.2) is 42.5 Å². The largest absolute Gasteiger partial charge is 0.467 e. The molecule has 1 unspecified atom stereocenters. The molecule has 194 valence electrons. The molecule has 2 aromatic rings. The lowest BCUT2D eigenvalue weighted by atomic mass is 9.81. The minimum atomic E-state index is -0.773. The Hall–Kier alpha value is -2.61. The zero-order valence-electron chi connectivity index (χ0n) is 20.8. The normalized spacial score (nSPS) is 15.2. The van der Waals surface area contributed by atoms with Gasteiger partial charge in [0.25, 0.3) is 5.91 Å². The number of nitrogens with zero attached hydrogens (tertiary/aromatic N) is 1. The maximum absolute atomic E-state index is 13.6. The van der Waals surface area contributed by atoms with Crippen molar-refractivity contribution in [2.75, 3.05) is 33.2 Å². The average molecular weight is 535 g/mol. The quantitative estimate of drug-likeness (QED) is 0.413. The highest BCUT2D eigenvalue weighted by Crippen LogP contribution is 2.43. The van der Waals surface area contributed by atoms with E-state index in [1.165, 1.54) is 12.0 Å². The van der Waals surface area contributed by atoms with Crippen molar-refractivity contribution in [3.63, 3.8) is 0 Å². The van der Waals surface area contributed by atoms with Crippen molar-refractivity contribution in [3.05, 3.63) is 63.6 Å². The second-order valence-electron chi connectivity index (χ2n) is 9.14. The third-order valence-corrected chi connectivity index (χ3v) is 7.52. The zero-order valence-corrected chi connectivity index (χ0v) is 22.3. The van der Waals surface area contributed by atoms with Crippen molar-refractivity contribution in [3.8, 4) is 0 Å². The number of hydrogen-bond acceptors (Lipinski definition) is 5. The first kappa shape index (κ1) is 28.0. The summed E-state index contributed by atoms with van der Waals surface area (Å²) in [4.78, 5) is 40.5. The molecule has 0 radical (unpaired) electrons. The van der Waals surface area contributed by atoms with Crippen LogP contribution in [0.5, 0.6) is 0 Å². The number of esters is 1. The smallest absolute Gasteiger partial charge is 0.328 e. The van der Waals surface area contributed by atoms with Crippen molar-refractivity contribution < 1.29 is 23.9 Å². The lowest BCUT2D eigenvalue weighted by Crippen LogP contribution is -2.50. The minimum Gasteiger partial charge on any atom is -0.467 e. The Balaban J connectivity index is 1.74. The summed E-state index contributed by atoms with van der Waals surface area (Å²) in [7, 11) is 4.62. The molecule has 36 heavy (non-hydrogen) atoms. The molecular formula is C27H32Cl2N2O5. The first-order chi connectivity index (χ1) is 17.2. The summed E-state index contributed by atoms with van der Waals surface area (Å²) in [5.74, 6) is -0.946. The fourth-order valence-corrected chi connectivity index (χ4v) is 5.37. The van der Waals surface area contributed by atoms with Crippen LogP contribution in [0.2, 0.25) is 10.0 Å². The van der Waals surface area contributed by atoms with Crippen molar-refractivity contribution in [2.45, 2.75) is 44.6 Å². The number of carbonyl (C=O) groups excluding carboxylic acids is 3. The monoisotopic (exact) mass is 534 g/mol. The standard InChI is InChI=1S/C27H32Cl2N2O5/c1-31(26(34)27(15-16-35-2)13-4-5-14-27)22(25(33)36-3)17-18-9-11-19(12-10-18)30-24(32)23-20(28)7-6-8-21(23)29/h6-12,22H,4-5,13-17H2,1-3H3,(H,30,32). The summed E-state index contributed by atoms with van der Waals surface area (Å²) < 4.78 is 10.3. The van der Waals surface area contributed by atoms with Crippen LogP contribution in [0, 0.1) is 5.41 Å². The molecule has 1 aliphatic rings. The number of benzene rings is 2. The summed E-state index contributed by atoms with van der Waals surface area (Å²) in [6, 6.07) is 11.1. The van der Waals surface area contributed by atoms with Crippen molar-refractivity contribution >= 4 is 46.7 Å². The van der Waals surface area contributed by atoms with Gasteiger partial charge in [-0.3, -0.25) is 9.59 Å². The Morgan fingerprint density at radius 3 is 2.19 bits per heavy atom. The van der Waals surface area contributed by atoms with Crippen LogP contribution in [0.3, 0.4) is 0 Å². The molecule has 0 aliphatic heterocycles. The molecule has 1 N–H and O–H groups in total. The van der Waals surface area contributed by atoms with Crippen LogP contribution in [0.25, 0.3) is 0 Å². The maximum Gasteiger partial charge on any atom is 0.328 e. The Morgan fingerprint density at radius 1 is 1.03 bits per heavy atom. The van der Waals surface area contributed by atoms with Gasteiger partial charge in [0.1, 0.15) is 6.04 Å². The molecular weight excluding hydrogens is 503 g/mol. The number of rotatable bonds is 10. The zero-order chi connectivity index (χ0) is 26.3. The van der Waals surface area contributed by atoms with Crippen molar-refractivity contribution in [2.24, 2.45) is 5.41 Å². The molecule has 1 fully saturated rings. The van der Waals surface area contributed by atoms with Crippen LogP contribution in [-0.4, -0.2) is 56.6 Å². The fraction of sp³-hybridized carbons (Fsp3) is 0.444. The van der Waals surface area contributed by atoms with Crippen LogP contribution in [-0.2, 0) is 25.5 Å². The van der Waals surface area contributed by atoms with E-state index in [0.29, 0.717) is 18.7 Å². The van der Waals surface area contributed by atoms with Gasteiger partial charge in [-0.1, -0.05) is 54.2 Å². The molecule has 1 saturated carbocycles. The predicted molar refractivity (Wildman–Crippen MR) is 141 cm³/mol. The topological polar surface area (TPSA) is 84.9 Å². The fourth-order valence-electron chi connectivity index (χ4n) is 4.81. The van der Waals surface area contributed by atoms with Gasteiger partial charge in [-0.05, 0) is 49.1 Å². The molecule has 7 nitrogen and oxygen atoms in total. The highest BCUT2D eigenvalue weighted by atomic mass is 35.5. The van der Waals surface area contributed by atoms with E-state index in [4.69, 9.17) is 32.7 Å². The van der Waals surface area contributed by atoms with Gasteiger partial charge in [0.15, 0.2) is 0 Å². The molecule has 0 aromatic heterocycles. The van der Waals surface area contributed by atoms with E-state index in [9.17, 15) is 14.4 Å². The van der Waals surface area contributed by atoms with Crippen LogP contribution in [0.1, 0.15) is 48.0 Å². The van der Waals surface area contributed by atoms with Gasteiger partial charge in [0.05, 0.1) is 28.1 Å². The number of carbonyl (C=O) groups is 3. The summed E-state index contributed by atoms with van der Waals surface area (Å²) in [5, 5.41) is 3.30. The third kappa shape index (κ3) is 6.38. The van der Waals surface area contributed by atoms with Crippen molar-refractivity contribution in [1.82, 2.24) is 4.90 Å². The summed E-state index contributed by atoms with van der Waals surface area (Å²) in [6.07, 6.45) is 4.45. The minimum absolute atomic E-state index is 0.0482. The van der Waals surface area contributed by atoms with E-state index in [0.717, 1.165) is 31.2 Å². The predicted octanol–water partition coefficient (Wildman–Crippen LogP) is 5.39. The summed E-state index contributed by atoms with van der Waals surface area (Å²) in [5.41, 5.74) is 1.05. The summed E-state index contributed by atoms with van der Waals surface area (Å²) in [6.45, 7) is 0.495. The number of ether oxygens (including phenoxy) is 2. The number of nitrogens with one attached hydrogen (secondary N) is 1. The number of methoxy groups -OCH3 is 2. The highest BCUT2D eigenvalue weighted by molar-refractivity contribution is 6.40. The lowest BCUT2D eigenvalue weighted by molar-refractivity contribution is -0.156. The number of halogens is 2. The third-order valence-electron chi connectivity index (χ3n) is 6.89. The number of hydrogen-bond donors (Lipinski definition) is 1. The molecule has 0 bridgehead atoms. The average Bonchev–Trinajstić information content (AvgIpc) is 3.35.